The van der Waals surface area contributed by atoms with E-state index in [-0.39, 0.29) is 5.41 Å². The van der Waals surface area contributed by atoms with E-state index in [1.807, 2.05) is 0 Å². The number of nitrogens with zero attached hydrogens (tertiary/aromatic N) is 3. The number of amides is 2. The maximum atomic E-state index is 12.5. The fourth-order valence-corrected chi connectivity index (χ4v) is 3.40. The van der Waals surface area contributed by atoms with Crippen LogP contribution in [0.5, 0.6) is 23.1 Å². The molecule has 0 radical (unpaired) electrons. The van der Waals surface area contributed by atoms with Crippen LogP contribution in [-0.4, -0.2) is 42.2 Å². The second-order valence-corrected chi connectivity index (χ2v) is 8.72. The summed E-state index contributed by atoms with van der Waals surface area (Å²) in [6.45, 7) is 6.16. The van der Waals surface area contributed by atoms with Crippen LogP contribution in [0.15, 0.2) is 47.9 Å². The molecule has 0 spiro atoms. The van der Waals surface area contributed by atoms with Crippen molar-refractivity contribution in [1.29, 1.82) is 0 Å². The summed E-state index contributed by atoms with van der Waals surface area (Å²) in [5, 5.41) is 10.3. The lowest BCUT2D eigenvalue weighted by atomic mass is 9.88. The number of nitrogens with one attached hydrogen (secondary N) is 2. The Kier molecular flexibility index (Phi) is 6.40. The molecule has 1 atom stereocenters. The van der Waals surface area contributed by atoms with Crippen LogP contribution in [-0.2, 0) is 4.84 Å². The zero-order chi connectivity index (χ0) is 24.3. The Bertz CT molecular complexity index is 1240. The van der Waals surface area contributed by atoms with Gasteiger partial charge in [0.05, 0.1) is 30.8 Å². The van der Waals surface area contributed by atoms with E-state index in [1.165, 1.54) is 6.33 Å². The summed E-state index contributed by atoms with van der Waals surface area (Å²) in [6.07, 6.45) is 1.44. The topological polar surface area (TPSA) is 116 Å². The van der Waals surface area contributed by atoms with E-state index in [9.17, 15) is 4.79 Å². The van der Waals surface area contributed by atoms with Crippen molar-refractivity contribution in [3.8, 4) is 23.1 Å². The van der Waals surface area contributed by atoms with Crippen molar-refractivity contribution >= 4 is 28.3 Å². The van der Waals surface area contributed by atoms with Crippen LogP contribution in [0.1, 0.15) is 27.2 Å². The van der Waals surface area contributed by atoms with Gasteiger partial charge >= 0.3 is 6.03 Å². The molecule has 178 valence electrons. The van der Waals surface area contributed by atoms with Crippen molar-refractivity contribution in [1.82, 2.24) is 15.3 Å². The number of urea groups is 1. The van der Waals surface area contributed by atoms with Gasteiger partial charge in [0.15, 0.2) is 11.5 Å². The zero-order valence-corrected chi connectivity index (χ0v) is 19.7. The van der Waals surface area contributed by atoms with Crippen molar-refractivity contribution in [2.45, 2.75) is 33.4 Å². The Labute approximate surface area is 197 Å². The second kappa shape index (κ2) is 9.42. The van der Waals surface area contributed by atoms with Crippen molar-refractivity contribution < 1.29 is 23.8 Å². The zero-order valence-electron chi connectivity index (χ0n) is 19.7. The van der Waals surface area contributed by atoms with Crippen LogP contribution in [0.4, 0.5) is 10.5 Å². The highest BCUT2D eigenvalue weighted by molar-refractivity contribution is 5.93. The first kappa shape index (κ1) is 23.1. The molecule has 1 aromatic heterocycles. The molecule has 4 rings (SSSR count). The van der Waals surface area contributed by atoms with E-state index >= 15 is 0 Å². The summed E-state index contributed by atoms with van der Waals surface area (Å²) in [7, 11) is 3.12. The number of rotatable bonds is 6. The molecule has 2 amide bonds. The molecule has 3 aromatic rings. The number of fused-ring (bicyclic) bond motifs is 1. The monoisotopic (exact) mass is 465 g/mol. The first-order valence-corrected chi connectivity index (χ1v) is 10.7. The SMILES string of the molecule is COc1cc2ncnc(Oc3cccc(NC(=O)NC4CC(C(C)(C)C)=NO4)c3)c2cc1OC. The van der Waals surface area contributed by atoms with E-state index < -0.39 is 12.3 Å². The summed E-state index contributed by atoms with van der Waals surface area (Å²) < 4.78 is 16.7. The average molecular weight is 466 g/mol. The lowest BCUT2D eigenvalue weighted by Gasteiger charge is -2.17. The highest BCUT2D eigenvalue weighted by Gasteiger charge is 2.30. The largest absolute Gasteiger partial charge is 0.493 e. The first-order chi connectivity index (χ1) is 16.3. The van der Waals surface area contributed by atoms with Crippen LogP contribution < -0.4 is 24.8 Å². The van der Waals surface area contributed by atoms with Crippen LogP contribution in [0.25, 0.3) is 10.9 Å². The fourth-order valence-electron chi connectivity index (χ4n) is 3.40. The predicted octanol–water partition coefficient (Wildman–Crippen LogP) is 4.71. The molecule has 0 bridgehead atoms. The molecule has 0 aliphatic carbocycles. The Balaban J connectivity index is 1.45. The average Bonchev–Trinajstić information content (AvgIpc) is 3.27. The molecule has 2 heterocycles. The van der Waals surface area contributed by atoms with Crippen LogP contribution in [0.3, 0.4) is 0 Å². The number of carbonyl (C=O) groups is 1. The number of hydrogen-bond acceptors (Lipinski definition) is 8. The predicted molar refractivity (Wildman–Crippen MR) is 128 cm³/mol. The normalized spacial score (nSPS) is 15.3. The van der Waals surface area contributed by atoms with Crippen molar-refractivity contribution in [3.05, 3.63) is 42.7 Å². The van der Waals surface area contributed by atoms with Gasteiger partial charge in [0.2, 0.25) is 12.1 Å². The Morgan fingerprint density at radius 3 is 2.56 bits per heavy atom. The van der Waals surface area contributed by atoms with Crippen molar-refractivity contribution in [2.24, 2.45) is 10.6 Å². The third kappa shape index (κ3) is 5.11. The number of aromatic nitrogens is 2. The van der Waals surface area contributed by atoms with Gasteiger partial charge < -0.3 is 29.7 Å². The van der Waals surface area contributed by atoms with Gasteiger partial charge in [-0.3, -0.25) is 0 Å². The number of anilines is 1. The molecule has 1 aliphatic rings. The standard InChI is InChI=1S/C24H27N5O5/c1-24(2,3)20-12-21(34-29-20)28-23(30)27-14-7-6-8-15(9-14)33-22-16-10-18(31-4)19(32-5)11-17(16)25-13-26-22/h6-11,13,21H,12H2,1-5H3,(H2,27,28,30). The van der Waals surface area contributed by atoms with Gasteiger partial charge in [-0.1, -0.05) is 32.0 Å². The van der Waals surface area contributed by atoms with Crippen LogP contribution in [0.2, 0.25) is 0 Å². The number of oxime groups is 1. The fraction of sp³-hybridized carbons (Fsp3) is 0.333. The summed E-state index contributed by atoms with van der Waals surface area (Å²) in [6, 6.07) is 10.1. The van der Waals surface area contributed by atoms with Gasteiger partial charge in [-0.2, -0.15) is 0 Å². The molecule has 10 nitrogen and oxygen atoms in total. The Hall–Kier alpha value is -4.08. The van der Waals surface area contributed by atoms with Crippen molar-refractivity contribution in [3.63, 3.8) is 0 Å². The molecule has 0 fully saturated rings. The van der Waals surface area contributed by atoms with Gasteiger partial charge in [0.25, 0.3) is 0 Å². The molecule has 0 saturated heterocycles. The van der Waals surface area contributed by atoms with Gasteiger partial charge in [0.1, 0.15) is 12.1 Å². The van der Waals surface area contributed by atoms with Crippen LogP contribution >= 0.6 is 0 Å². The van der Waals surface area contributed by atoms with E-state index in [2.05, 4.69) is 46.5 Å². The highest BCUT2D eigenvalue weighted by atomic mass is 16.7. The van der Waals surface area contributed by atoms with Crippen molar-refractivity contribution in [2.75, 3.05) is 19.5 Å². The number of benzene rings is 2. The Morgan fingerprint density at radius 1 is 1.09 bits per heavy atom. The molecule has 34 heavy (non-hydrogen) atoms. The molecule has 2 N–H and O–H groups in total. The lowest BCUT2D eigenvalue weighted by Crippen LogP contribution is -2.38. The Morgan fingerprint density at radius 2 is 1.85 bits per heavy atom. The highest BCUT2D eigenvalue weighted by Crippen LogP contribution is 2.36. The third-order valence-corrected chi connectivity index (χ3v) is 5.24. The molecule has 10 heteroatoms. The van der Waals surface area contributed by atoms with Gasteiger partial charge in [0, 0.05) is 29.7 Å². The lowest BCUT2D eigenvalue weighted by molar-refractivity contribution is 0.0689. The van der Waals surface area contributed by atoms with E-state index in [4.69, 9.17) is 19.0 Å². The maximum absolute atomic E-state index is 12.5. The minimum Gasteiger partial charge on any atom is -0.493 e. The molecule has 1 aliphatic heterocycles. The first-order valence-electron chi connectivity index (χ1n) is 10.7. The van der Waals surface area contributed by atoms with Gasteiger partial charge in [-0.15, -0.1) is 0 Å². The summed E-state index contributed by atoms with van der Waals surface area (Å²) in [4.78, 5) is 26.3. The number of carbonyl (C=O) groups excluding carboxylic acids is 1. The van der Waals surface area contributed by atoms with E-state index in [0.29, 0.717) is 46.1 Å². The van der Waals surface area contributed by atoms with Crippen LogP contribution in [0, 0.1) is 5.41 Å². The van der Waals surface area contributed by atoms with Gasteiger partial charge in [-0.05, 0) is 18.2 Å². The number of ether oxygens (including phenoxy) is 3. The summed E-state index contributed by atoms with van der Waals surface area (Å²) in [5.74, 6) is 1.93. The quantitative estimate of drug-likeness (QED) is 0.541. The maximum Gasteiger partial charge on any atom is 0.322 e. The molecular weight excluding hydrogens is 438 g/mol. The molecule has 1 unspecified atom stereocenters. The van der Waals surface area contributed by atoms with E-state index in [1.54, 1.807) is 50.6 Å². The summed E-state index contributed by atoms with van der Waals surface area (Å²) in [5.41, 5.74) is 1.98. The minimum absolute atomic E-state index is 0.112. The molecular formula is C24H27N5O5. The minimum atomic E-state index is -0.506. The van der Waals surface area contributed by atoms with Gasteiger partial charge in [-0.25, -0.2) is 14.8 Å². The molecule has 0 saturated carbocycles. The summed E-state index contributed by atoms with van der Waals surface area (Å²) >= 11 is 0. The number of hydrogen-bond donors (Lipinski definition) is 2. The second-order valence-electron chi connectivity index (χ2n) is 8.72. The number of methoxy groups -OCH3 is 2. The molecule has 2 aromatic carbocycles. The third-order valence-electron chi connectivity index (χ3n) is 5.24. The smallest absolute Gasteiger partial charge is 0.322 e. The van der Waals surface area contributed by atoms with E-state index in [0.717, 1.165) is 5.71 Å².